The standard InChI is InChI=1S/C29H21F4N7/c30-19-3-1-17(2-4-19)25-27-23(5-7-35-25)36-28(37-27)26-21-10-20(22(31)11-24(21)38-39-26)18-9-16(12-34-13-18)14-40-8-6-29(32,33)15-40/h1-5,7,9-13H,6,8,14-15H2,(H,36,37)(H,38,39). The van der Waals surface area contributed by atoms with E-state index in [1.807, 2.05) is 0 Å². The average Bonchev–Trinajstić information content (AvgIpc) is 3.64. The van der Waals surface area contributed by atoms with E-state index in [1.165, 1.54) is 18.2 Å². The van der Waals surface area contributed by atoms with E-state index in [9.17, 15) is 13.2 Å². The molecule has 1 aliphatic rings. The first-order valence-electron chi connectivity index (χ1n) is 12.7. The fourth-order valence-corrected chi connectivity index (χ4v) is 5.23. The van der Waals surface area contributed by atoms with Gasteiger partial charge in [-0.3, -0.25) is 20.0 Å². The summed E-state index contributed by atoms with van der Waals surface area (Å²) in [5.74, 6) is -3.05. The summed E-state index contributed by atoms with van der Waals surface area (Å²) in [5, 5.41) is 7.91. The summed E-state index contributed by atoms with van der Waals surface area (Å²) in [6.07, 6.45) is 4.63. The van der Waals surface area contributed by atoms with E-state index in [4.69, 9.17) is 4.98 Å². The third kappa shape index (κ3) is 4.37. The second-order valence-electron chi connectivity index (χ2n) is 10.00. The van der Waals surface area contributed by atoms with Gasteiger partial charge in [0.05, 0.1) is 23.3 Å². The number of imidazole rings is 1. The second kappa shape index (κ2) is 9.23. The van der Waals surface area contributed by atoms with Gasteiger partial charge < -0.3 is 4.98 Å². The molecule has 1 aliphatic heterocycles. The normalized spacial score (nSPS) is 15.4. The van der Waals surface area contributed by atoms with Crippen LogP contribution in [-0.4, -0.2) is 54.0 Å². The van der Waals surface area contributed by atoms with E-state index in [0.717, 1.165) is 5.56 Å². The lowest BCUT2D eigenvalue weighted by molar-refractivity contribution is 0.0115. The number of H-pyrrole nitrogens is 2. The average molecular weight is 544 g/mol. The van der Waals surface area contributed by atoms with Gasteiger partial charge in [-0.2, -0.15) is 5.10 Å². The molecule has 0 spiro atoms. The van der Waals surface area contributed by atoms with Gasteiger partial charge in [0, 0.05) is 66.2 Å². The van der Waals surface area contributed by atoms with E-state index < -0.39 is 11.7 Å². The van der Waals surface area contributed by atoms with Crippen molar-refractivity contribution in [3.8, 4) is 33.9 Å². The van der Waals surface area contributed by atoms with Gasteiger partial charge in [0.2, 0.25) is 0 Å². The molecular weight excluding hydrogens is 522 g/mol. The minimum Gasteiger partial charge on any atom is -0.336 e. The second-order valence-corrected chi connectivity index (χ2v) is 10.00. The van der Waals surface area contributed by atoms with E-state index in [2.05, 4.69) is 25.1 Å². The van der Waals surface area contributed by atoms with Gasteiger partial charge in [0.15, 0.2) is 5.82 Å². The molecule has 11 heteroatoms. The van der Waals surface area contributed by atoms with Crippen molar-refractivity contribution >= 4 is 21.9 Å². The Morgan fingerprint density at radius 3 is 2.58 bits per heavy atom. The Hall–Kier alpha value is -4.64. The lowest BCUT2D eigenvalue weighted by Gasteiger charge is -2.16. The minimum absolute atomic E-state index is 0.169. The quantitative estimate of drug-likeness (QED) is 0.248. The molecule has 200 valence electrons. The van der Waals surface area contributed by atoms with Crippen molar-refractivity contribution < 1.29 is 17.6 Å². The maximum Gasteiger partial charge on any atom is 0.261 e. The molecule has 0 aliphatic carbocycles. The van der Waals surface area contributed by atoms with Crippen molar-refractivity contribution in [2.45, 2.75) is 18.9 Å². The molecule has 0 bridgehead atoms. The van der Waals surface area contributed by atoms with Crippen LogP contribution in [0.5, 0.6) is 0 Å². The Morgan fingerprint density at radius 1 is 0.925 bits per heavy atom. The third-order valence-electron chi connectivity index (χ3n) is 7.15. The summed E-state index contributed by atoms with van der Waals surface area (Å²) in [6, 6.07) is 12.6. The number of likely N-dealkylation sites (tertiary alicyclic amines) is 1. The Labute approximate surface area is 224 Å². The molecule has 0 atom stereocenters. The predicted molar refractivity (Wildman–Crippen MR) is 142 cm³/mol. The van der Waals surface area contributed by atoms with Crippen LogP contribution in [0.3, 0.4) is 0 Å². The van der Waals surface area contributed by atoms with E-state index >= 15 is 4.39 Å². The number of halogens is 4. The van der Waals surface area contributed by atoms with Gasteiger partial charge in [-0.15, -0.1) is 0 Å². The SMILES string of the molecule is Fc1ccc(-c2nccc3[nH]c(-c4n[nH]c5cc(F)c(-c6cncc(CN7CCC(F)(F)C7)c6)cc45)nc23)cc1. The van der Waals surface area contributed by atoms with Crippen molar-refractivity contribution in [1.82, 2.24) is 35.0 Å². The van der Waals surface area contributed by atoms with Gasteiger partial charge in [-0.25, -0.2) is 22.5 Å². The first-order valence-corrected chi connectivity index (χ1v) is 12.7. The molecule has 7 nitrogen and oxygen atoms in total. The molecule has 2 N–H and O–H groups in total. The molecule has 0 amide bonds. The summed E-state index contributed by atoms with van der Waals surface area (Å²) in [5.41, 5.74) is 5.14. The molecule has 5 heterocycles. The number of hydrogen-bond donors (Lipinski definition) is 2. The monoisotopic (exact) mass is 543 g/mol. The number of alkyl halides is 2. The van der Waals surface area contributed by atoms with E-state index in [-0.39, 0.29) is 18.8 Å². The van der Waals surface area contributed by atoms with Crippen LogP contribution in [0.1, 0.15) is 12.0 Å². The molecule has 0 radical (unpaired) electrons. The highest BCUT2D eigenvalue weighted by Crippen LogP contribution is 2.34. The fourth-order valence-electron chi connectivity index (χ4n) is 5.23. The zero-order valence-corrected chi connectivity index (χ0v) is 20.9. The summed E-state index contributed by atoms with van der Waals surface area (Å²) < 4.78 is 56.0. The van der Waals surface area contributed by atoms with Gasteiger partial charge in [0.1, 0.15) is 22.8 Å². The molecule has 0 saturated carbocycles. The van der Waals surface area contributed by atoms with Crippen LogP contribution >= 0.6 is 0 Å². The molecule has 6 aromatic rings. The highest BCUT2D eigenvalue weighted by molar-refractivity contribution is 5.97. The number of pyridine rings is 2. The lowest BCUT2D eigenvalue weighted by Crippen LogP contribution is -2.24. The maximum atomic E-state index is 15.2. The highest BCUT2D eigenvalue weighted by Gasteiger charge is 2.38. The summed E-state index contributed by atoms with van der Waals surface area (Å²) in [7, 11) is 0. The van der Waals surface area contributed by atoms with Crippen molar-refractivity contribution in [2.24, 2.45) is 0 Å². The smallest absolute Gasteiger partial charge is 0.261 e. The summed E-state index contributed by atoms with van der Waals surface area (Å²) in [6.45, 7) is 0.304. The zero-order valence-electron chi connectivity index (χ0n) is 20.9. The first-order chi connectivity index (χ1) is 19.3. The van der Waals surface area contributed by atoms with Crippen LogP contribution in [0.25, 0.3) is 55.8 Å². The van der Waals surface area contributed by atoms with Crippen molar-refractivity contribution in [3.63, 3.8) is 0 Å². The third-order valence-corrected chi connectivity index (χ3v) is 7.15. The van der Waals surface area contributed by atoms with Gasteiger partial charge in [-0.1, -0.05) is 0 Å². The molecule has 4 aromatic heterocycles. The Bertz CT molecular complexity index is 1880. The van der Waals surface area contributed by atoms with Gasteiger partial charge >= 0.3 is 0 Å². The van der Waals surface area contributed by atoms with Gasteiger partial charge in [0.25, 0.3) is 5.92 Å². The van der Waals surface area contributed by atoms with Crippen LogP contribution in [0.15, 0.2) is 67.1 Å². The van der Waals surface area contributed by atoms with Crippen molar-refractivity contribution in [1.29, 1.82) is 0 Å². The van der Waals surface area contributed by atoms with Crippen LogP contribution < -0.4 is 0 Å². The molecule has 40 heavy (non-hydrogen) atoms. The number of nitrogens with one attached hydrogen (secondary N) is 2. The molecule has 1 saturated heterocycles. The minimum atomic E-state index is -2.69. The molecular formula is C29H21F4N7. The van der Waals surface area contributed by atoms with Crippen LogP contribution in [0.4, 0.5) is 17.6 Å². The van der Waals surface area contributed by atoms with Crippen LogP contribution in [0, 0.1) is 11.6 Å². The zero-order chi connectivity index (χ0) is 27.4. The number of fused-ring (bicyclic) bond motifs is 2. The predicted octanol–water partition coefficient (Wildman–Crippen LogP) is 6.35. The fraction of sp³-hybridized carbons (Fsp3) is 0.172. The number of benzene rings is 2. The Balaban J connectivity index is 1.27. The highest BCUT2D eigenvalue weighted by atomic mass is 19.3. The lowest BCUT2D eigenvalue weighted by atomic mass is 10.0. The number of aromatic amines is 2. The number of hydrogen-bond acceptors (Lipinski definition) is 5. The first kappa shape index (κ1) is 24.4. The summed E-state index contributed by atoms with van der Waals surface area (Å²) >= 11 is 0. The molecule has 0 unspecified atom stereocenters. The topological polar surface area (TPSA) is 86.4 Å². The van der Waals surface area contributed by atoms with Gasteiger partial charge in [-0.05, 0) is 48.0 Å². The van der Waals surface area contributed by atoms with Crippen molar-refractivity contribution in [3.05, 3.63) is 84.3 Å². The number of rotatable bonds is 5. The summed E-state index contributed by atoms with van der Waals surface area (Å²) in [4.78, 5) is 18.4. The Kier molecular flexibility index (Phi) is 5.63. The van der Waals surface area contributed by atoms with Crippen LogP contribution in [0.2, 0.25) is 0 Å². The van der Waals surface area contributed by atoms with Crippen molar-refractivity contribution in [2.75, 3.05) is 13.1 Å². The van der Waals surface area contributed by atoms with Crippen LogP contribution in [-0.2, 0) is 6.54 Å². The number of nitrogens with zero attached hydrogens (tertiary/aromatic N) is 5. The van der Waals surface area contributed by atoms with E-state index in [1.54, 1.807) is 53.8 Å². The van der Waals surface area contributed by atoms with E-state index in [0.29, 0.717) is 68.9 Å². The Morgan fingerprint density at radius 2 is 1.77 bits per heavy atom. The molecule has 1 fully saturated rings. The maximum absolute atomic E-state index is 15.2. The number of aromatic nitrogens is 6. The molecule has 7 rings (SSSR count). The molecule has 2 aromatic carbocycles. The largest absolute Gasteiger partial charge is 0.336 e.